The summed E-state index contributed by atoms with van der Waals surface area (Å²) in [5.41, 5.74) is 3.24. The van der Waals surface area contributed by atoms with Crippen LogP contribution in [-0.2, 0) is 27.5 Å². The number of hydrogen-bond donors (Lipinski definition) is 2. The monoisotopic (exact) mass is 948 g/mol. The Kier molecular flexibility index (Phi) is 15.4. The van der Waals surface area contributed by atoms with Crippen LogP contribution in [0.2, 0.25) is 0 Å². The molecule has 18 heteroatoms. The first-order valence-corrected chi connectivity index (χ1v) is 23.2. The third-order valence-electron chi connectivity index (χ3n) is 13.1. The number of fused-ring (bicyclic) bond motifs is 3. The normalized spacial score (nSPS) is 22.3. The van der Waals surface area contributed by atoms with Crippen molar-refractivity contribution in [3.8, 4) is 28.7 Å². The number of carbonyl (C=O) groups excluding carboxylic acids is 1. The van der Waals surface area contributed by atoms with Crippen LogP contribution >= 0.6 is 0 Å². The fourth-order valence-corrected chi connectivity index (χ4v) is 10.2. The highest BCUT2D eigenvalue weighted by Gasteiger charge is 2.65. The number of carbonyl (C=O) groups is 1. The van der Waals surface area contributed by atoms with Gasteiger partial charge in [0.2, 0.25) is 12.6 Å². The SMILES string of the molecule is C=CCOC12Oc3ccc(Oc4cccc([N+](=O)[O-])c4)cc3C3C(CCCCO)C(CCCCO)C=C(C(=NOCc4ccc([N+](=O)[O-])cc4)CC1N(Cc1ccc4c(c1)OCO4)C(=O)OCC)C32. The van der Waals surface area contributed by atoms with Gasteiger partial charge in [0.1, 0.15) is 29.9 Å². The Labute approximate surface area is 399 Å². The molecule has 69 heavy (non-hydrogen) atoms. The lowest BCUT2D eigenvalue weighted by Gasteiger charge is -2.59. The first-order valence-electron chi connectivity index (χ1n) is 23.2. The Morgan fingerprint density at radius 1 is 0.884 bits per heavy atom. The summed E-state index contributed by atoms with van der Waals surface area (Å²) < 4.78 is 37.9. The molecule has 6 unspecified atom stereocenters. The van der Waals surface area contributed by atoms with Crippen LogP contribution in [-0.4, -0.2) is 81.8 Å². The maximum absolute atomic E-state index is 14.6. The number of nitro benzene ring substituents is 2. The number of unbranched alkanes of at least 4 members (excludes halogenated alkanes) is 2. The maximum atomic E-state index is 14.6. The number of ether oxygens (including phenoxy) is 6. The van der Waals surface area contributed by atoms with E-state index in [4.69, 9.17) is 38.4 Å². The van der Waals surface area contributed by atoms with E-state index in [-0.39, 0.29) is 81.8 Å². The molecule has 2 heterocycles. The third-order valence-corrected chi connectivity index (χ3v) is 13.1. The first-order chi connectivity index (χ1) is 33.6. The van der Waals surface area contributed by atoms with Crippen molar-refractivity contribution >= 4 is 23.2 Å². The molecule has 0 radical (unpaired) electrons. The van der Waals surface area contributed by atoms with Crippen molar-refractivity contribution in [3.63, 3.8) is 0 Å². The lowest BCUT2D eigenvalue weighted by atomic mass is 9.55. The highest BCUT2D eigenvalue weighted by molar-refractivity contribution is 6.03. The number of aliphatic hydroxyl groups is 2. The van der Waals surface area contributed by atoms with Crippen molar-refractivity contribution < 1.29 is 58.1 Å². The van der Waals surface area contributed by atoms with Crippen LogP contribution in [0.15, 0.2) is 114 Å². The Bertz CT molecular complexity index is 2570. The molecular weight excluding hydrogens is 893 g/mol. The molecule has 2 aliphatic heterocycles. The van der Waals surface area contributed by atoms with E-state index in [0.717, 1.165) is 11.1 Å². The van der Waals surface area contributed by atoms with Gasteiger partial charge in [-0.3, -0.25) is 25.1 Å². The van der Waals surface area contributed by atoms with Crippen molar-refractivity contribution in [2.45, 2.75) is 82.8 Å². The largest absolute Gasteiger partial charge is 0.459 e. The number of benzene rings is 4. The fourth-order valence-electron chi connectivity index (χ4n) is 10.2. The molecule has 2 N–H and O–H groups in total. The van der Waals surface area contributed by atoms with Gasteiger partial charge in [-0.2, -0.15) is 0 Å². The fraction of sp³-hybridized carbons (Fsp3) is 0.412. The number of oxime groups is 1. The molecule has 0 aromatic heterocycles. The van der Waals surface area contributed by atoms with Crippen LogP contribution in [0.3, 0.4) is 0 Å². The predicted octanol–water partition coefficient (Wildman–Crippen LogP) is 9.52. The standard InChI is InChI=1S/C51H56N4O14/c1-3-24-66-51-47(53(50(58)63-4-2)30-34-16-20-45-46(25-34)65-32-64-45)29-43(52-67-31-33-14-17-36(18-15-33)54(59)60)41-26-35(10-5-7-22-56)40(13-6-8-23-57)48(49(41)51)42-28-39(19-21-44(42)69-51)68-38-12-9-11-37(27-38)55(61)62/h3,9,11-12,14-21,25-28,35,40,47-49,56-57H,1,4-8,10,13,22-24,29-32H2,2H3. The molecular formula is C51H56N4O14. The quantitative estimate of drug-likeness (QED) is 0.0324. The van der Waals surface area contributed by atoms with Crippen molar-refractivity contribution in [3.05, 3.63) is 146 Å². The van der Waals surface area contributed by atoms with Crippen molar-refractivity contribution in [2.75, 3.05) is 33.2 Å². The molecule has 18 nitrogen and oxygen atoms in total. The molecule has 1 saturated carbocycles. The summed E-state index contributed by atoms with van der Waals surface area (Å²) in [5.74, 6) is -0.661. The van der Waals surface area contributed by atoms with E-state index in [9.17, 15) is 35.2 Å². The second-order valence-corrected chi connectivity index (χ2v) is 17.3. The minimum atomic E-state index is -1.62. The minimum absolute atomic E-state index is 0.00367. The van der Waals surface area contributed by atoms with E-state index in [1.54, 1.807) is 60.4 Å². The van der Waals surface area contributed by atoms with E-state index in [1.807, 2.05) is 18.2 Å². The van der Waals surface area contributed by atoms with Crippen LogP contribution in [0.4, 0.5) is 16.2 Å². The Hall–Kier alpha value is -7.02. The van der Waals surface area contributed by atoms with Gasteiger partial charge in [-0.1, -0.05) is 42.3 Å². The smallest absolute Gasteiger partial charge is 0.410 e. The molecule has 0 spiro atoms. The van der Waals surface area contributed by atoms with Gasteiger partial charge < -0.3 is 43.5 Å². The summed E-state index contributed by atoms with van der Waals surface area (Å²) in [6, 6.07) is 21.9. The predicted molar refractivity (Wildman–Crippen MR) is 251 cm³/mol. The number of amides is 1. The Balaban J connectivity index is 1.32. The van der Waals surface area contributed by atoms with Gasteiger partial charge in [-0.15, -0.1) is 6.58 Å². The third kappa shape index (κ3) is 10.5. The zero-order chi connectivity index (χ0) is 48.5. The van der Waals surface area contributed by atoms with E-state index < -0.39 is 39.6 Å². The average molecular weight is 949 g/mol. The van der Waals surface area contributed by atoms with E-state index in [1.165, 1.54) is 24.3 Å². The average Bonchev–Trinajstić information content (AvgIpc) is 3.82. The summed E-state index contributed by atoms with van der Waals surface area (Å²) >= 11 is 0. The van der Waals surface area contributed by atoms with E-state index in [2.05, 4.69) is 12.7 Å². The molecule has 0 bridgehead atoms. The number of nitro groups is 2. The van der Waals surface area contributed by atoms with Gasteiger partial charge in [0.25, 0.3) is 11.4 Å². The molecule has 4 aliphatic rings. The van der Waals surface area contributed by atoms with Crippen LogP contribution in [0.1, 0.15) is 74.5 Å². The second kappa shape index (κ2) is 21.9. The Morgan fingerprint density at radius 3 is 2.35 bits per heavy atom. The molecule has 1 amide bonds. The van der Waals surface area contributed by atoms with Gasteiger partial charge in [-0.25, -0.2) is 4.79 Å². The zero-order valence-electron chi connectivity index (χ0n) is 38.3. The molecule has 4 aromatic carbocycles. The summed E-state index contributed by atoms with van der Waals surface area (Å²) in [6.45, 7) is 5.93. The van der Waals surface area contributed by atoms with Crippen molar-refractivity contribution in [1.29, 1.82) is 0 Å². The van der Waals surface area contributed by atoms with Gasteiger partial charge in [0, 0.05) is 55.9 Å². The first kappa shape index (κ1) is 48.4. The van der Waals surface area contributed by atoms with Crippen LogP contribution in [0.25, 0.3) is 0 Å². The molecule has 2 aliphatic carbocycles. The molecule has 6 atom stereocenters. The molecule has 1 fully saturated rings. The molecule has 0 saturated heterocycles. The number of non-ortho nitro benzene ring substituents is 2. The zero-order valence-corrected chi connectivity index (χ0v) is 38.3. The topological polar surface area (TPSA) is 224 Å². The van der Waals surface area contributed by atoms with Crippen LogP contribution in [0.5, 0.6) is 28.7 Å². The van der Waals surface area contributed by atoms with Gasteiger partial charge in [0.15, 0.2) is 11.5 Å². The number of nitrogens with zero attached hydrogens (tertiary/aromatic N) is 4. The van der Waals surface area contributed by atoms with Gasteiger partial charge in [-0.05, 0) is 110 Å². The second-order valence-electron chi connectivity index (χ2n) is 17.3. The van der Waals surface area contributed by atoms with E-state index in [0.29, 0.717) is 78.4 Å². The number of aliphatic hydroxyl groups excluding tert-OH is 2. The van der Waals surface area contributed by atoms with Gasteiger partial charge in [0.05, 0.1) is 40.8 Å². The highest BCUT2D eigenvalue weighted by Crippen LogP contribution is 2.62. The number of allylic oxidation sites excluding steroid dienone is 1. The van der Waals surface area contributed by atoms with E-state index >= 15 is 0 Å². The van der Waals surface area contributed by atoms with Gasteiger partial charge >= 0.3 is 6.09 Å². The lowest BCUT2D eigenvalue weighted by molar-refractivity contribution is -0.385. The highest BCUT2D eigenvalue weighted by atomic mass is 16.7. The summed E-state index contributed by atoms with van der Waals surface area (Å²) in [7, 11) is 0. The molecule has 8 rings (SSSR count). The Morgan fingerprint density at radius 2 is 1.61 bits per heavy atom. The lowest BCUT2D eigenvalue weighted by Crippen LogP contribution is -2.70. The minimum Gasteiger partial charge on any atom is -0.459 e. The van der Waals surface area contributed by atoms with Crippen molar-refractivity contribution in [1.82, 2.24) is 4.90 Å². The molecule has 364 valence electrons. The summed E-state index contributed by atoms with van der Waals surface area (Å²) in [4.78, 5) is 44.6. The number of rotatable bonds is 22. The maximum Gasteiger partial charge on any atom is 0.410 e. The summed E-state index contributed by atoms with van der Waals surface area (Å²) in [5, 5.41) is 48.0. The summed E-state index contributed by atoms with van der Waals surface area (Å²) in [6.07, 6.45) is 7.20. The van der Waals surface area contributed by atoms with Crippen LogP contribution < -0.4 is 18.9 Å². The molecule has 4 aromatic rings. The van der Waals surface area contributed by atoms with Crippen LogP contribution in [0, 0.1) is 38.0 Å². The number of hydrogen-bond acceptors (Lipinski definition) is 15. The van der Waals surface area contributed by atoms with Crippen molar-refractivity contribution in [2.24, 2.45) is 22.9 Å².